The van der Waals surface area contributed by atoms with E-state index in [0.717, 1.165) is 24.1 Å². The quantitative estimate of drug-likeness (QED) is 0.893. The summed E-state index contributed by atoms with van der Waals surface area (Å²) in [6.45, 7) is 0.464. The molecule has 2 aromatic heterocycles. The summed E-state index contributed by atoms with van der Waals surface area (Å²) in [5.74, 6) is 1.43. The Bertz CT molecular complexity index is 723. The van der Waals surface area contributed by atoms with Crippen LogP contribution >= 0.6 is 0 Å². The maximum atomic E-state index is 11.6. The Balaban J connectivity index is 1.80. The third-order valence-electron chi connectivity index (χ3n) is 3.70. The van der Waals surface area contributed by atoms with Crippen LogP contribution in [0.25, 0.3) is 5.65 Å². The zero-order valence-electron chi connectivity index (χ0n) is 11.2. The van der Waals surface area contributed by atoms with Crippen molar-refractivity contribution in [2.75, 3.05) is 11.5 Å². The first-order chi connectivity index (χ1) is 9.55. The summed E-state index contributed by atoms with van der Waals surface area (Å²) >= 11 is 0. The van der Waals surface area contributed by atoms with Crippen LogP contribution in [0.5, 0.6) is 0 Å². The first-order valence-corrected chi connectivity index (χ1v) is 8.62. The molecule has 0 spiro atoms. The number of nitrogens with two attached hydrogens (primary N) is 1. The maximum Gasteiger partial charge on any atom is 0.155 e. The molecular weight excluding hydrogens is 276 g/mol. The van der Waals surface area contributed by atoms with Crippen molar-refractivity contribution in [2.24, 2.45) is 11.7 Å². The van der Waals surface area contributed by atoms with Crippen molar-refractivity contribution in [1.29, 1.82) is 0 Å². The second-order valence-corrected chi connectivity index (χ2v) is 7.63. The molecule has 20 heavy (non-hydrogen) atoms. The van der Waals surface area contributed by atoms with Crippen LogP contribution in [0.2, 0.25) is 0 Å². The number of aromatic nitrogens is 3. The molecule has 1 unspecified atom stereocenters. The molecule has 1 fully saturated rings. The van der Waals surface area contributed by atoms with Gasteiger partial charge in [0.1, 0.15) is 0 Å². The standard InChI is InChI=1S/C13H18N4O2S/c14-7-11-3-4-13-15-12(16-17(13)8-11)6-10-2-1-5-20(18,19)9-10/h3-4,8,10H,1-2,5-7,9,14H2. The van der Waals surface area contributed by atoms with E-state index in [9.17, 15) is 8.42 Å². The molecule has 6 nitrogen and oxygen atoms in total. The summed E-state index contributed by atoms with van der Waals surface area (Å²) in [4.78, 5) is 4.45. The van der Waals surface area contributed by atoms with E-state index in [0.29, 0.717) is 24.5 Å². The summed E-state index contributed by atoms with van der Waals surface area (Å²) in [6, 6.07) is 3.81. The van der Waals surface area contributed by atoms with Crippen molar-refractivity contribution in [1.82, 2.24) is 14.6 Å². The highest BCUT2D eigenvalue weighted by Crippen LogP contribution is 2.21. The molecule has 0 amide bonds. The van der Waals surface area contributed by atoms with Gasteiger partial charge in [0.15, 0.2) is 21.3 Å². The Morgan fingerprint density at radius 3 is 3.00 bits per heavy atom. The minimum absolute atomic E-state index is 0.139. The average molecular weight is 294 g/mol. The summed E-state index contributed by atoms with van der Waals surface area (Å²) in [6.07, 6.45) is 4.17. The van der Waals surface area contributed by atoms with Gasteiger partial charge in [-0.1, -0.05) is 6.07 Å². The number of fused-ring (bicyclic) bond motifs is 1. The van der Waals surface area contributed by atoms with E-state index in [1.807, 2.05) is 18.3 Å². The number of sulfone groups is 1. The summed E-state index contributed by atoms with van der Waals surface area (Å²) in [5, 5.41) is 4.42. The van der Waals surface area contributed by atoms with E-state index in [1.54, 1.807) is 4.52 Å². The van der Waals surface area contributed by atoms with Gasteiger partial charge < -0.3 is 5.73 Å². The molecular formula is C13H18N4O2S. The van der Waals surface area contributed by atoms with Gasteiger partial charge in [-0.2, -0.15) is 5.10 Å². The van der Waals surface area contributed by atoms with Crippen LogP contribution in [0.1, 0.15) is 24.2 Å². The van der Waals surface area contributed by atoms with Gasteiger partial charge in [-0.3, -0.25) is 0 Å². The van der Waals surface area contributed by atoms with Crippen LogP contribution in [0, 0.1) is 5.92 Å². The largest absolute Gasteiger partial charge is 0.326 e. The molecule has 1 atom stereocenters. The number of pyridine rings is 1. The van der Waals surface area contributed by atoms with Crippen LogP contribution in [0.3, 0.4) is 0 Å². The monoisotopic (exact) mass is 294 g/mol. The van der Waals surface area contributed by atoms with Crippen LogP contribution in [0.4, 0.5) is 0 Å². The molecule has 2 aromatic rings. The minimum Gasteiger partial charge on any atom is -0.326 e. The highest BCUT2D eigenvalue weighted by Gasteiger charge is 2.25. The van der Waals surface area contributed by atoms with E-state index < -0.39 is 9.84 Å². The highest BCUT2D eigenvalue weighted by molar-refractivity contribution is 7.91. The van der Waals surface area contributed by atoms with Gasteiger partial charge in [-0.15, -0.1) is 0 Å². The predicted molar refractivity (Wildman–Crippen MR) is 76.0 cm³/mol. The normalized spacial score (nSPS) is 22.1. The Hall–Kier alpha value is -1.47. The number of rotatable bonds is 3. The Kier molecular flexibility index (Phi) is 3.47. The smallest absolute Gasteiger partial charge is 0.155 e. The lowest BCUT2D eigenvalue weighted by molar-refractivity contribution is 0.475. The summed E-state index contributed by atoms with van der Waals surface area (Å²) in [5.41, 5.74) is 7.37. The van der Waals surface area contributed by atoms with E-state index in [4.69, 9.17) is 5.73 Å². The van der Waals surface area contributed by atoms with Crippen LogP contribution in [-0.2, 0) is 22.8 Å². The molecule has 0 bridgehead atoms. The van der Waals surface area contributed by atoms with Crippen molar-refractivity contribution >= 4 is 15.5 Å². The second-order valence-electron chi connectivity index (χ2n) is 5.40. The molecule has 3 heterocycles. The lowest BCUT2D eigenvalue weighted by Crippen LogP contribution is -2.26. The molecule has 1 aliphatic rings. The van der Waals surface area contributed by atoms with E-state index in [-0.39, 0.29) is 11.7 Å². The van der Waals surface area contributed by atoms with Gasteiger partial charge in [0.2, 0.25) is 0 Å². The lowest BCUT2D eigenvalue weighted by Gasteiger charge is -2.20. The fraction of sp³-hybridized carbons (Fsp3) is 0.538. The summed E-state index contributed by atoms with van der Waals surface area (Å²) in [7, 11) is -2.87. The van der Waals surface area contributed by atoms with Gasteiger partial charge >= 0.3 is 0 Å². The predicted octanol–water partition coefficient (Wildman–Crippen LogP) is 0.555. The first kappa shape index (κ1) is 13.5. The maximum absolute atomic E-state index is 11.6. The minimum atomic E-state index is -2.87. The van der Waals surface area contributed by atoms with E-state index in [2.05, 4.69) is 10.1 Å². The average Bonchev–Trinajstić information content (AvgIpc) is 2.78. The molecule has 0 aliphatic carbocycles. The fourth-order valence-corrected chi connectivity index (χ4v) is 4.49. The van der Waals surface area contributed by atoms with Gasteiger partial charge in [0.05, 0.1) is 11.5 Å². The topological polar surface area (TPSA) is 90.3 Å². The molecule has 1 aliphatic heterocycles. The van der Waals surface area contributed by atoms with E-state index >= 15 is 0 Å². The van der Waals surface area contributed by atoms with Crippen LogP contribution in [0.15, 0.2) is 18.3 Å². The van der Waals surface area contributed by atoms with Gasteiger partial charge in [-0.05, 0) is 30.4 Å². The molecule has 3 rings (SSSR count). The van der Waals surface area contributed by atoms with Gasteiger partial charge in [-0.25, -0.2) is 17.9 Å². The second kappa shape index (κ2) is 5.14. The SMILES string of the molecule is NCc1ccc2nc(CC3CCCS(=O)(=O)C3)nn2c1. The van der Waals surface area contributed by atoms with Crippen molar-refractivity contribution < 1.29 is 8.42 Å². The number of hydrogen-bond acceptors (Lipinski definition) is 5. The Labute approximate surface area is 117 Å². The molecule has 108 valence electrons. The molecule has 1 saturated heterocycles. The fourth-order valence-electron chi connectivity index (χ4n) is 2.72. The third-order valence-corrected chi connectivity index (χ3v) is 5.59. The van der Waals surface area contributed by atoms with Gasteiger partial charge in [0.25, 0.3) is 0 Å². The van der Waals surface area contributed by atoms with Gasteiger partial charge in [0, 0.05) is 19.2 Å². The van der Waals surface area contributed by atoms with Crippen LogP contribution < -0.4 is 5.73 Å². The lowest BCUT2D eigenvalue weighted by atomic mass is 10.0. The van der Waals surface area contributed by atoms with Crippen molar-refractivity contribution in [3.8, 4) is 0 Å². The van der Waals surface area contributed by atoms with Crippen molar-refractivity contribution in [3.63, 3.8) is 0 Å². The summed E-state index contributed by atoms with van der Waals surface area (Å²) < 4.78 is 25.0. The van der Waals surface area contributed by atoms with Crippen LogP contribution in [-0.4, -0.2) is 34.5 Å². The Morgan fingerprint density at radius 2 is 2.25 bits per heavy atom. The van der Waals surface area contributed by atoms with Crippen molar-refractivity contribution in [2.45, 2.75) is 25.8 Å². The zero-order valence-corrected chi connectivity index (χ0v) is 12.0. The Morgan fingerprint density at radius 1 is 1.40 bits per heavy atom. The number of nitrogens with zero attached hydrogens (tertiary/aromatic N) is 3. The molecule has 2 N–H and O–H groups in total. The molecule has 0 radical (unpaired) electrons. The third kappa shape index (κ3) is 2.83. The van der Waals surface area contributed by atoms with E-state index in [1.165, 1.54) is 0 Å². The van der Waals surface area contributed by atoms with Crippen molar-refractivity contribution in [3.05, 3.63) is 29.7 Å². The highest BCUT2D eigenvalue weighted by atomic mass is 32.2. The molecule has 0 aromatic carbocycles. The molecule has 0 saturated carbocycles. The zero-order chi connectivity index (χ0) is 14.2. The first-order valence-electron chi connectivity index (χ1n) is 6.80. The number of hydrogen-bond donors (Lipinski definition) is 1. The molecule has 7 heteroatoms.